The molecule has 0 aliphatic heterocycles. The van der Waals surface area contributed by atoms with E-state index < -0.39 is 5.54 Å². The van der Waals surface area contributed by atoms with Gasteiger partial charge in [-0.2, -0.15) is 0 Å². The van der Waals surface area contributed by atoms with Crippen molar-refractivity contribution in [3.05, 3.63) is 28.2 Å². The number of carbonyl (C=O) groups is 1. The fraction of sp³-hybridized carbons (Fsp3) is 0.500. The molecule has 0 bridgehead atoms. The number of rotatable bonds is 5. The van der Waals surface area contributed by atoms with Crippen molar-refractivity contribution < 1.29 is 9.90 Å². The van der Waals surface area contributed by atoms with E-state index in [1.807, 2.05) is 50.9 Å². The van der Waals surface area contributed by atoms with Crippen LogP contribution in [0.25, 0.3) is 0 Å². The van der Waals surface area contributed by atoms with E-state index in [0.717, 1.165) is 15.7 Å². The largest absolute Gasteiger partial charge is 0.394 e. The number of amides is 1. The highest BCUT2D eigenvalue weighted by Gasteiger charge is 2.24. The Balaban J connectivity index is 2.63. The van der Waals surface area contributed by atoms with Gasteiger partial charge < -0.3 is 10.4 Å². The van der Waals surface area contributed by atoms with Crippen molar-refractivity contribution >= 4 is 27.5 Å². The molecule has 0 radical (unpaired) electrons. The molecule has 106 valence electrons. The molecule has 0 saturated carbocycles. The predicted molar refractivity (Wildman–Crippen MR) is 81.3 cm³/mol. The van der Waals surface area contributed by atoms with Crippen LogP contribution >= 0.6 is 15.9 Å². The molecule has 0 aliphatic rings. The third-order valence-corrected chi connectivity index (χ3v) is 4.13. The lowest BCUT2D eigenvalue weighted by Gasteiger charge is -2.33. The van der Waals surface area contributed by atoms with Gasteiger partial charge in [0.05, 0.1) is 13.2 Å². The Kier molecular flexibility index (Phi) is 5.52. The average molecular weight is 329 g/mol. The van der Waals surface area contributed by atoms with Crippen LogP contribution in [0.15, 0.2) is 22.7 Å². The van der Waals surface area contributed by atoms with Gasteiger partial charge in [-0.3, -0.25) is 9.69 Å². The number of aryl methyl sites for hydroxylation is 1. The Morgan fingerprint density at radius 3 is 2.63 bits per heavy atom. The molecule has 0 unspecified atom stereocenters. The molecule has 0 spiro atoms. The topological polar surface area (TPSA) is 52.6 Å². The second kappa shape index (κ2) is 6.50. The molecular weight excluding hydrogens is 308 g/mol. The third-order valence-electron chi connectivity index (χ3n) is 3.24. The summed E-state index contributed by atoms with van der Waals surface area (Å²) in [7, 11) is 1.82. The number of carbonyl (C=O) groups excluding carboxylic acids is 1. The molecule has 4 nitrogen and oxygen atoms in total. The van der Waals surface area contributed by atoms with E-state index in [9.17, 15) is 9.90 Å². The normalized spacial score (nSPS) is 11.7. The first-order valence-corrected chi connectivity index (χ1v) is 6.93. The van der Waals surface area contributed by atoms with Gasteiger partial charge in [0, 0.05) is 15.7 Å². The van der Waals surface area contributed by atoms with Crippen LogP contribution < -0.4 is 5.32 Å². The van der Waals surface area contributed by atoms with Crippen molar-refractivity contribution in [1.29, 1.82) is 0 Å². The van der Waals surface area contributed by atoms with Gasteiger partial charge in [-0.1, -0.05) is 15.9 Å². The summed E-state index contributed by atoms with van der Waals surface area (Å²) in [5.74, 6) is -0.0919. The molecule has 0 atom stereocenters. The molecule has 0 fully saturated rings. The minimum atomic E-state index is -0.410. The van der Waals surface area contributed by atoms with Crippen LogP contribution in [0.3, 0.4) is 0 Å². The Hall–Kier alpha value is -0.910. The summed E-state index contributed by atoms with van der Waals surface area (Å²) in [5, 5.41) is 12.1. The van der Waals surface area contributed by atoms with Crippen molar-refractivity contribution in [2.45, 2.75) is 26.3 Å². The van der Waals surface area contributed by atoms with Gasteiger partial charge in [-0.15, -0.1) is 0 Å². The van der Waals surface area contributed by atoms with Gasteiger partial charge >= 0.3 is 0 Å². The van der Waals surface area contributed by atoms with E-state index >= 15 is 0 Å². The summed E-state index contributed by atoms with van der Waals surface area (Å²) in [6, 6.07) is 5.68. The fourth-order valence-corrected chi connectivity index (χ4v) is 1.72. The lowest BCUT2D eigenvalue weighted by Crippen LogP contribution is -2.47. The van der Waals surface area contributed by atoms with Crippen LogP contribution in [0, 0.1) is 6.92 Å². The van der Waals surface area contributed by atoms with E-state index in [-0.39, 0.29) is 19.1 Å². The number of nitrogens with one attached hydrogen (secondary N) is 1. The molecule has 0 heterocycles. The van der Waals surface area contributed by atoms with Crippen molar-refractivity contribution in [2.75, 3.05) is 25.5 Å². The first-order chi connectivity index (χ1) is 8.76. The van der Waals surface area contributed by atoms with Gasteiger partial charge in [-0.05, 0) is 51.6 Å². The summed E-state index contributed by atoms with van der Waals surface area (Å²) >= 11 is 3.42. The lowest BCUT2D eigenvalue weighted by molar-refractivity contribution is -0.118. The highest BCUT2D eigenvalue weighted by atomic mass is 79.9. The maximum Gasteiger partial charge on any atom is 0.238 e. The number of aliphatic hydroxyl groups excluding tert-OH is 1. The SMILES string of the molecule is Cc1cc(NC(=O)CN(C)C(C)(C)CO)ccc1Br. The number of halogens is 1. The maximum absolute atomic E-state index is 11.9. The first-order valence-electron chi connectivity index (χ1n) is 6.14. The first kappa shape index (κ1) is 16.1. The summed E-state index contributed by atoms with van der Waals surface area (Å²) in [6.45, 7) is 6.01. The number of anilines is 1. The molecular formula is C14H21BrN2O2. The summed E-state index contributed by atoms with van der Waals surface area (Å²) < 4.78 is 1.02. The molecule has 1 aromatic rings. The zero-order valence-corrected chi connectivity index (χ0v) is 13.4. The number of aliphatic hydroxyl groups is 1. The van der Waals surface area contributed by atoms with Crippen LogP contribution in [0.2, 0.25) is 0 Å². The maximum atomic E-state index is 11.9. The quantitative estimate of drug-likeness (QED) is 0.872. The minimum Gasteiger partial charge on any atom is -0.394 e. The van der Waals surface area contributed by atoms with Crippen molar-refractivity contribution in [3.63, 3.8) is 0 Å². The van der Waals surface area contributed by atoms with Crippen LogP contribution in [0.1, 0.15) is 19.4 Å². The molecule has 1 amide bonds. The van der Waals surface area contributed by atoms with Gasteiger partial charge in [0.1, 0.15) is 0 Å². The van der Waals surface area contributed by atoms with E-state index in [1.54, 1.807) is 0 Å². The molecule has 1 rings (SSSR count). The smallest absolute Gasteiger partial charge is 0.238 e. The van der Waals surface area contributed by atoms with Gasteiger partial charge in [-0.25, -0.2) is 0 Å². The molecule has 1 aromatic carbocycles. The Morgan fingerprint density at radius 2 is 2.11 bits per heavy atom. The van der Waals surface area contributed by atoms with E-state index in [1.165, 1.54) is 0 Å². The van der Waals surface area contributed by atoms with Crippen LogP contribution in [0.4, 0.5) is 5.69 Å². The van der Waals surface area contributed by atoms with E-state index in [0.29, 0.717) is 0 Å². The molecule has 0 aromatic heterocycles. The van der Waals surface area contributed by atoms with Crippen molar-refractivity contribution in [1.82, 2.24) is 4.90 Å². The van der Waals surface area contributed by atoms with Crippen molar-refractivity contribution in [2.24, 2.45) is 0 Å². The monoisotopic (exact) mass is 328 g/mol. The van der Waals surface area contributed by atoms with Crippen LogP contribution in [0.5, 0.6) is 0 Å². The summed E-state index contributed by atoms with van der Waals surface area (Å²) in [4.78, 5) is 13.8. The number of likely N-dealkylation sites (N-methyl/N-ethyl adjacent to an activating group) is 1. The number of benzene rings is 1. The molecule has 5 heteroatoms. The van der Waals surface area contributed by atoms with Gasteiger partial charge in [0.2, 0.25) is 5.91 Å². The second-order valence-electron chi connectivity index (χ2n) is 5.34. The molecule has 19 heavy (non-hydrogen) atoms. The molecule has 0 saturated heterocycles. The number of nitrogens with zero attached hydrogens (tertiary/aromatic N) is 1. The van der Waals surface area contributed by atoms with E-state index in [4.69, 9.17) is 0 Å². The summed E-state index contributed by atoms with van der Waals surface area (Å²) in [6.07, 6.45) is 0. The standard InChI is InChI=1S/C14H21BrN2O2/c1-10-7-11(5-6-12(10)15)16-13(19)8-17(4)14(2,3)9-18/h5-7,18H,8-9H2,1-4H3,(H,16,19). The average Bonchev–Trinajstić information content (AvgIpc) is 2.33. The van der Waals surface area contributed by atoms with E-state index in [2.05, 4.69) is 21.2 Å². The second-order valence-corrected chi connectivity index (χ2v) is 6.19. The molecule has 2 N–H and O–H groups in total. The molecule has 0 aliphatic carbocycles. The van der Waals surface area contributed by atoms with Crippen LogP contribution in [-0.4, -0.2) is 41.7 Å². The lowest BCUT2D eigenvalue weighted by atomic mass is 10.1. The third kappa shape index (κ3) is 4.60. The number of hydrogen-bond acceptors (Lipinski definition) is 3. The predicted octanol–water partition coefficient (Wildman–Crippen LogP) is 2.40. The zero-order valence-electron chi connectivity index (χ0n) is 11.8. The van der Waals surface area contributed by atoms with Crippen molar-refractivity contribution in [3.8, 4) is 0 Å². The highest BCUT2D eigenvalue weighted by Crippen LogP contribution is 2.20. The zero-order chi connectivity index (χ0) is 14.6. The minimum absolute atomic E-state index is 0.00811. The van der Waals surface area contributed by atoms with Gasteiger partial charge in [0.25, 0.3) is 0 Å². The Bertz CT molecular complexity index is 461. The number of hydrogen-bond donors (Lipinski definition) is 2. The Morgan fingerprint density at radius 1 is 1.47 bits per heavy atom. The fourth-order valence-electron chi connectivity index (χ4n) is 1.47. The highest BCUT2D eigenvalue weighted by molar-refractivity contribution is 9.10. The van der Waals surface area contributed by atoms with Gasteiger partial charge in [0.15, 0.2) is 0 Å². The Labute approximate surface area is 122 Å². The summed E-state index contributed by atoms with van der Waals surface area (Å²) in [5.41, 5.74) is 1.44. The van der Waals surface area contributed by atoms with Crippen LogP contribution in [-0.2, 0) is 4.79 Å².